The minimum Gasteiger partial charge on any atom is -0.497 e. The van der Waals surface area contributed by atoms with Crippen molar-refractivity contribution in [3.63, 3.8) is 0 Å². The lowest BCUT2D eigenvalue weighted by Crippen LogP contribution is -2.13. The standard InChI is InChI=1S/C16H18N2O2/c1-11-4-3-5-14(16(17)18)15(11)20-10-12-6-8-13(19-2)9-7-12/h3-9H,10H2,1-2H3,(H3,17,18). The predicted molar refractivity (Wildman–Crippen MR) is 79.5 cm³/mol. The van der Waals surface area contributed by atoms with E-state index in [4.69, 9.17) is 20.6 Å². The number of nitrogens with one attached hydrogen (secondary N) is 1. The highest BCUT2D eigenvalue weighted by atomic mass is 16.5. The largest absolute Gasteiger partial charge is 0.497 e. The van der Waals surface area contributed by atoms with E-state index < -0.39 is 0 Å². The third-order valence-electron chi connectivity index (χ3n) is 3.04. The molecule has 0 aliphatic carbocycles. The van der Waals surface area contributed by atoms with E-state index in [1.54, 1.807) is 13.2 Å². The molecule has 20 heavy (non-hydrogen) atoms. The Labute approximate surface area is 118 Å². The van der Waals surface area contributed by atoms with Crippen molar-refractivity contribution >= 4 is 5.84 Å². The molecule has 0 fully saturated rings. The molecule has 4 heteroatoms. The Bertz CT molecular complexity index is 606. The van der Waals surface area contributed by atoms with Gasteiger partial charge in [0, 0.05) is 0 Å². The molecule has 3 N–H and O–H groups in total. The molecular formula is C16H18N2O2. The van der Waals surface area contributed by atoms with Crippen LogP contribution in [0.4, 0.5) is 0 Å². The second-order valence-corrected chi connectivity index (χ2v) is 4.50. The van der Waals surface area contributed by atoms with Crippen molar-refractivity contribution in [3.05, 3.63) is 59.2 Å². The Morgan fingerprint density at radius 1 is 1.15 bits per heavy atom. The monoisotopic (exact) mass is 270 g/mol. The summed E-state index contributed by atoms with van der Waals surface area (Å²) in [6.07, 6.45) is 0. The fraction of sp³-hybridized carbons (Fsp3) is 0.188. The van der Waals surface area contributed by atoms with Crippen molar-refractivity contribution in [2.75, 3.05) is 7.11 Å². The van der Waals surface area contributed by atoms with Crippen molar-refractivity contribution in [2.45, 2.75) is 13.5 Å². The number of nitrogens with two attached hydrogens (primary N) is 1. The molecule has 0 saturated carbocycles. The second-order valence-electron chi connectivity index (χ2n) is 4.50. The molecule has 0 spiro atoms. The van der Waals surface area contributed by atoms with Gasteiger partial charge in [-0.3, -0.25) is 5.41 Å². The number of benzene rings is 2. The first-order valence-corrected chi connectivity index (χ1v) is 6.31. The number of amidine groups is 1. The number of hydrogen-bond acceptors (Lipinski definition) is 3. The van der Waals surface area contributed by atoms with Gasteiger partial charge in [0.05, 0.1) is 12.7 Å². The Morgan fingerprint density at radius 2 is 1.85 bits per heavy atom. The van der Waals surface area contributed by atoms with Gasteiger partial charge in [0.1, 0.15) is 23.9 Å². The van der Waals surface area contributed by atoms with E-state index in [0.29, 0.717) is 17.9 Å². The Hall–Kier alpha value is -2.49. The van der Waals surface area contributed by atoms with Crippen LogP contribution in [0.3, 0.4) is 0 Å². The molecule has 104 valence electrons. The molecule has 0 aromatic heterocycles. The van der Waals surface area contributed by atoms with Crippen LogP contribution in [0.1, 0.15) is 16.7 Å². The summed E-state index contributed by atoms with van der Waals surface area (Å²) in [5.41, 5.74) is 8.20. The lowest BCUT2D eigenvalue weighted by molar-refractivity contribution is 0.303. The van der Waals surface area contributed by atoms with Gasteiger partial charge in [0.15, 0.2) is 0 Å². The van der Waals surface area contributed by atoms with Gasteiger partial charge in [-0.15, -0.1) is 0 Å². The van der Waals surface area contributed by atoms with Crippen LogP contribution < -0.4 is 15.2 Å². The SMILES string of the molecule is COc1ccc(COc2c(C)cccc2C(=N)N)cc1. The fourth-order valence-corrected chi connectivity index (χ4v) is 1.93. The molecular weight excluding hydrogens is 252 g/mol. The number of nitrogen functional groups attached to an aromatic ring is 1. The van der Waals surface area contributed by atoms with E-state index in [-0.39, 0.29) is 5.84 Å². The molecule has 0 aliphatic heterocycles. The van der Waals surface area contributed by atoms with Gasteiger partial charge in [-0.25, -0.2) is 0 Å². The fourth-order valence-electron chi connectivity index (χ4n) is 1.93. The van der Waals surface area contributed by atoms with Crippen LogP contribution in [0.5, 0.6) is 11.5 Å². The second kappa shape index (κ2) is 6.10. The van der Waals surface area contributed by atoms with Gasteiger partial charge in [-0.05, 0) is 36.2 Å². The zero-order valence-corrected chi connectivity index (χ0v) is 11.6. The van der Waals surface area contributed by atoms with Crippen LogP contribution in [-0.2, 0) is 6.61 Å². The molecule has 0 heterocycles. The van der Waals surface area contributed by atoms with E-state index in [9.17, 15) is 0 Å². The molecule has 0 saturated heterocycles. The van der Waals surface area contributed by atoms with Crippen LogP contribution >= 0.6 is 0 Å². The third kappa shape index (κ3) is 3.09. The lowest BCUT2D eigenvalue weighted by atomic mass is 10.1. The number of methoxy groups -OCH3 is 1. The van der Waals surface area contributed by atoms with Crippen molar-refractivity contribution in [3.8, 4) is 11.5 Å². The number of hydrogen-bond donors (Lipinski definition) is 2. The highest BCUT2D eigenvalue weighted by Crippen LogP contribution is 2.24. The van der Waals surface area contributed by atoms with Gasteiger partial charge in [-0.1, -0.05) is 24.3 Å². The van der Waals surface area contributed by atoms with Crippen molar-refractivity contribution in [1.29, 1.82) is 5.41 Å². The molecule has 2 rings (SSSR count). The predicted octanol–water partition coefficient (Wildman–Crippen LogP) is 2.87. The average molecular weight is 270 g/mol. The third-order valence-corrected chi connectivity index (χ3v) is 3.04. The summed E-state index contributed by atoms with van der Waals surface area (Å²) in [6.45, 7) is 2.37. The summed E-state index contributed by atoms with van der Waals surface area (Å²) < 4.78 is 10.9. The first kappa shape index (κ1) is 13.9. The number of ether oxygens (including phenoxy) is 2. The minimum atomic E-state index is 0.0124. The maximum atomic E-state index is 7.59. The molecule has 0 amide bonds. The van der Waals surface area contributed by atoms with Crippen molar-refractivity contribution < 1.29 is 9.47 Å². The van der Waals surface area contributed by atoms with E-state index in [2.05, 4.69) is 0 Å². The van der Waals surface area contributed by atoms with Crippen molar-refractivity contribution in [2.24, 2.45) is 5.73 Å². The van der Waals surface area contributed by atoms with Gasteiger partial charge < -0.3 is 15.2 Å². The molecule has 2 aromatic rings. The Kier molecular flexibility index (Phi) is 4.25. The van der Waals surface area contributed by atoms with Crippen molar-refractivity contribution in [1.82, 2.24) is 0 Å². The number of para-hydroxylation sites is 1. The highest BCUT2D eigenvalue weighted by molar-refractivity contribution is 5.98. The number of aryl methyl sites for hydroxylation is 1. The van der Waals surface area contributed by atoms with E-state index >= 15 is 0 Å². The van der Waals surface area contributed by atoms with E-state index in [1.807, 2.05) is 43.3 Å². The number of rotatable bonds is 5. The van der Waals surface area contributed by atoms with Gasteiger partial charge >= 0.3 is 0 Å². The van der Waals surface area contributed by atoms with Crippen LogP contribution in [0, 0.1) is 12.3 Å². The van der Waals surface area contributed by atoms with Crippen LogP contribution in [-0.4, -0.2) is 12.9 Å². The molecule has 2 aromatic carbocycles. The summed E-state index contributed by atoms with van der Waals surface area (Å²) in [5, 5.41) is 7.59. The maximum absolute atomic E-state index is 7.59. The first-order valence-electron chi connectivity index (χ1n) is 6.31. The summed E-state index contributed by atoms with van der Waals surface area (Å²) in [5.74, 6) is 1.49. The molecule has 0 radical (unpaired) electrons. The van der Waals surface area contributed by atoms with Crippen LogP contribution in [0.2, 0.25) is 0 Å². The van der Waals surface area contributed by atoms with Gasteiger partial charge in [-0.2, -0.15) is 0 Å². The quantitative estimate of drug-likeness (QED) is 0.648. The molecule has 4 nitrogen and oxygen atoms in total. The molecule has 0 aliphatic rings. The normalized spacial score (nSPS) is 10.1. The smallest absolute Gasteiger partial charge is 0.133 e. The molecule has 0 bridgehead atoms. The lowest BCUT2D eigenvalue weighted by Gasteiger charge is -2.13. The minimum absolute atomic E-state index is 0.0124. The Morgan fingerprint density at radius 3 is 2.45 bits per heavy atom. The summed E-state index contributed by atoms with van der Waals surface area (Å²) >= 11 is 0. The molecule has 0 atom stereocenters. The van der Waals surface area contributed by atoms with Gasteiger partial charge in [0.2, 0.25) is 0 Å². The summed E-state index contributed by atoms with van der Waals surface area (Å²) in [6, 6.07) is 13.3. The summed E-state index contributed by atoms with van der Waals surface area (Å²) in [7, 11) is 1.64. The zero-order valence-electron chi connectivity index (χ0n) is 11.6. The Balaban J connectivity index is 2.16. The average Bonchev–Trinajstić information content (AvgIpc) is 2.46. The topological polar surface area (TPSA) is 68.3 Å². The van der Waals surface area contributed by atoms with E-state index in [0.717, 1.165) is 16.9 Å². The first-order chi connectivity index (χ1) is 9.61. The van der Waals surface area contributed by atoms with Crippen LogP contribution in [0.25, 0.3) is 0 Å². The summed E-state index contributed by atoms with van der Waals surface area (Å²) in [4.78, 5) is 0. The highest BCUT2D eigenvalue weighted by Gasteiger charge is 2.09. The molecule has 0 unspecified atom stereocenters. The van der Waals surface area contributed by atoms with Gasteiger partial charge in [0.25, 0.3) is 0 Å². The van der Waals surface area contributed by atoms with E-state index in [1.165, 1.54) is 0 Å². The maximum Gasteiger partial charge on any atom is 0.133 e. The van der Waals surface area contributed by atoms with Crippen LogP contribution in [0.15, 0.2) is 42.5 Å². The zero-order chi connectivity index (χ0) is 14.5.